The number of hydrogen-bond donors (Lipinski definition) is 13. The number of carbonyl (C=O) groups excluding carboxylic acids is 6. The lowest BCUT2D eigenvalue weighted by atomic mass is 10.0. The number of carbonyl (C=O) groups is 7. The van der Waals surface area contributed by atoms with Gasteiger partial charge >= 0.3 is 5.97 Å². The Morgan fingerprint density at radius 1 is 0.785 bits per heavy atom. The molecule has 18 N–H and O–H groups in total. The Bertz CT molecular complexity index is 1920. The Balaban J connectivity index is 1.75. The number of aliphatic carboxylic acids is 1. The van der Waals surface area contributed by atoms with Crippen LogP contribution in [0.15, 0.2) is 35.5 Å². The molecule has 22 nitrogen and oxygen atoms in total. The van der Waals surface area contributed by atoms with E-state index in [1.165, 1.54) is 4.90 Å². The first-order valence-corrected chi connectivity index (χ1v) is 22.4. The van der Waals surface area contributed by atoms with Crippen LogP contribution in [0.4, 0.5) is 0 Å². The molecule has 1 saturated heterocycles. The Kier molecular flexibility index (Phi) is 22.6. The third-order valence-corrected chi connectivity index (χ3v) is 11.1. The van der Waals surface area contributed by atoms with Gasteiger partial charge in [-0.1, -0.05) is 32.0 Å². The van der Waals surface area contributed by atoms with Crippen molar-refractivity contribution in [3.05, 3.63) is 36.0 Å². The molecular formula is C43H71N13O9. The van der Waals surface area contributed by atoms with E-state index in [9.17, 15) is 43.8 Å². The number of amides is 6. The maximum absolute atomic E-state index is 14.0. The highest BCUT2D eigenvalue weighted by molar-refractivity contribution is 5.97. The second-order valence-corrected chi connectivity index (χ2v) is 16.8. The van der Waals surface area contributed by atoms with Crippen LogP contribution < -0.4 is 55.3 Å². The Labute approximate surface area is 379 Å². The van der Waals surface area contributed by atoms with Gasteiger partial charge < -0.3 is 75.3 Å². The van der Waals surface area contributed by atoms with Crippen LogP contribution in [0.2, 0.25) is 0 Å². The number of aliphatic hydroxyl groups excluding tert-OH is 1. The van der Waals surface area contributed by atoms with Crippen LogP contribution in [0.3, 0.4) is 0 Å². The Hall–Kier alpha value is -5.84. The van der Waals surface area contributed by atoms with E-state index in [2.05, 4.69) is 36.6 Å². The molecule has 0 aliphatic carbocycles. The third-order valence-electron chi connectivity index (χ3n) is 11.1. The second kappa shape index (κ2) is 27.5. The lowest BCUT2D eigenvalue weighted by Gasteiger charge is -2.30. The van der Waals surface area contributed by atoms with Crippen molar-refractivity contribution in [2.45, 2.75) is 133 Å². The number of fused-ring (bicyclic) bond motifs is 1. The van der Waals surface area contributed by atoms with E-state index in [4.69, 9.17) is 28.7 Å². The van der Waals surface area contributed by atoms with Gasteiger partial charge in [-0.05, 0) is 108 Å². The SMILES string of the molecule is CC(C)C[C@H](NC(=O)[C@@H](N)Cc1c[nH]c2ccccc12)C(=O)N[C@@H](CO)C(=O)N1CCC[C@H]1C(=O)N[C@@H](CCCN=C(N)N)C(=O)N[C@@H](CCCCN)C(=O)N[C@@H](CCCCN)C(=O)O. The number of nitrogens with two attached hydrogens (primary N) is 5. The molecule has 0 bridgehead atoms. The van der Waals surface area contributed by atoms with Gasteiger partial charge in [0.25, 0.3) is 0 Å². The minimum atomic E-state index is -1.49. The van der Waals surface area contributed by atoms with Crippen molar-refractivity contribution in [3.8, 4) is 0 Å². The summed E-state index contributed by atoms with van der Waals surface area (Å²) in [6, 6.07) is -0.803. The summed E-state index contributed by atoms with van der Waals surface area (Å²) in [4.78, 5) is 103. The fourth-order valence-corrected chi connectivity index (χ4v) is 7.67. The summed E-state index contributed by atoms with van der Waals surface area (Å²) in [6.45, 7) is 3.75. The normalized spacial score (nSPS) is 16.4. The maximum Gasteiger partial charge on any atom is 0.326 e. The number of aliphatic imine (C=N–C) groups is 1. The highest BCUT2D eigenvalue weighted by atomic mass is 16.4. The zero-order chi connectivity index (χ0) is 48.1. The molecule has 1 aliphatic rings. The number of guanidine groups is 1. The lowest BCUT2D eigenvalue weighted by Crippen LogP contribution is -2.60. The summed E-state index contributed by atoms with van der Waals surface area (Å²) in [5.41, 5.74) is 30.2. The molecule has 65 heavy (non-hydrogen) atoms. The van der Waals surface area contributed by atoms with E-state index in [0.29, 0.717) is 45.2 Å². The first-order valence-electron chi connectivity index (χ1n) is 22.4. The highest BCUT2D eigenvalue weighted by Crippen LogP contribution is 2.21. The van der Waals surface area contributed by atoms with Crippen molar-refractivity contribution < 1.29 is 43.8 Å². The summed E-state index contributed by atoms with van der Waals surface area (Å²) in [5, 5.41) is 34.2. The van der Waals surface area contributed by atoms with E-state index in [0.717, 1.165) is 16.5 Å². The van der Waals surface area contributed by atoms with Crippen LogP contribution in [-0.4, -0.2) is 143 Å². The predicted octanol–water partition coefficient (Wildman–Crippen LogP) is -2.11. The zero-order valence-electron chi connectivity index (χ0n) is 37.6. The van der Waals surface area contributed by atoms with Crippen LogP contribution in [-0.2, 0) is 40.0 Å². The molecule has 6 amide bonds. The molecule has 0 radical (unpaired) electrons. The smallest absolute Gasteiger partial charge is 0.326 e. The molecule has 1 fully saturated rings. The largest absolute Gasteiger partial charge is 0.480 e. The van der Waals surface area contributed by atoms with Gasteiger partial charge in [0.1, 0.15) is 36.3 Å². The van der Waals surface area contributed by atoms with Gasteiger partial charge in [-0.3, -0.25) is 33.8 Å². The molecule has 1 aromatic heterocycles. The summed E-state index contributed by atoms with van der Waals surface area (Å²) in [6.07, 6.45) is 5.16. The van der Waals surface area contributed by atoms with Crippen LogP contribution in [0.25, 0.3) is 10.9 Å². The molecular weight excluding hydrogens is 843 g/mol. The average Bonchev–Trinajstić information content (AvgIpc) is 3.93. The van der Waals surface area contributed by atoms with Gasteiger partial charge in [0, 0.05) is 30.2 Å². The molecule has 0 saturated carbocycles. The van der Waals surface area contributed by atoms with E-state index in [-0.39, 0.29) is 69.9 Å². The topological polar surface area (TPSA) is 382 Å². The van der Waals surface area contributed by atoms with Gasteiger partial charge in [0.15, 0.2) is 5.96 Å². The predicted molar refractivity (Wildman–Crippen MR) is 244 cm³/mol. The van der Waals surface area contributed by atoms with Crippen LogP contribution in [0, 0.1) is 5.92 Å². The highest BCUT2D eigenvalue weighted by Gasteiger charge is 2.40. The number of aromatic amines is 1. The maximum atomic E-state index is 14.0. The number of rotatable bonds is 29. The second-order valence-electron chi connectivity index (χ2n) is 16.8. The van der Waals surface area contributed by atoms with Crippen molar-refractivity contribution in [2.24, 2.45) is 39.6 Å². The standard InChI is InChI=1S/C43H71N13O9/c1-25(2)21-33(54-36(58)28(46)22-26-23-50-29-12-4-3-11-27(26)29)39(61)55-34(24-57)41(63)56-20-10-16-35(56)40(62)52-31(15-9-19-49-43(47)48)37(59)51-30(13-5-7-17-44)38(60)53-32(42(64)65)14-6-8-18-45/h3-4,11-12,23,25,28,30-35,50,57H,5-10,13-22,24,44-46H2,1-2H3,(H,51,59)(H,52,62)(H,53,60)(H,54,58)(H,55,61)(H,64,65)(H4,47,48,49)/t28-,30-,31-,32-,33-,34-,35-/m0/s1. The number of likely N-dealkylation sites (tertiary alicyclic amines) is 1. The Morgan fingerprint density at radius 2 is 1.35 bits per heavy atom. The number of nitrogens with zero attached hydrogens (tertiary/aromatic N) is 2. The fourth-order valence-electron chi connectivity index (χ4n) is 7.67. The van der Waals surface area contributed by atoms with Gasteiger partial charge in [-0.2, -0.15) is 0 Å². The molecule has 1 aliphatic heterocycles. The van der Waals surface area contributed by atoms with Crippen molar-refractivity contribution in [2.75, 3.05) is 32.8 Å². The molecule has 1 aromatic carbocycles. The zero-order valence-corrected chi connectivity index (χ0v) is 37.6. The molecule has 7 atom stereocenters. The molecule has 22 heteroatoms. The van der Waals surface area contributed by atoms with Crippen LogP contribution in [0.1, 0.15) is 90.0 Å². The first kappa shape index (κ1) is 53.5. The van der Waals surface area contributed by atoms with Crippen molar-refractivity contribution in [1.29, 1.82) is 0 Å². The molecule has 3 rings (SSSR count). The van der Waals surface area contributed by atoms with Crippen molar-refractivity contribution in [3.63, 3.8) is 0 Å². The molecule has 0 unspecified atom stereocenters. The number of carboxylic acids is 1. The number of unbranched alkanes of at least 4 members (excludes halogenated alkanes) is 2. The average molecular weight is 914 g/mol. The molecule has 2 aromatic rings. The number of aliphatic hydroxyl groups is 1. The number of aromatic nitrogens is 1. The summed E-state index contributed by atoms with van der Waals surface area (Å²) in [7, 11) is 0. The molecule has 0 spiro atoms. The van der Waals surface area contributed by atoms with E-state index < -0.39 is 90.3 Å². The number of H-pyrrole nitrogens is 1. The number of hydrogen-bond acceptors (Lipinski definition) is 12. The van der Waals surface area contributed by atoms with Gasteiger partial charge in [-0.15, -0.1) is 0 Å². The third kappa shape index (κ3) is 17.2. The monoisotopic (exact) mass is 914 g/mol. The first-order chi connectivity index (χ1) is 31.0. The lowest BCUT2D eigenvalue weighted by molar-refractivity contribution is -0.143. The Morgan fingerprint density at radius 3 is 1.97 bits per heavy atom. The fraction of sp³-hybridized carbons (Fsp3) is 0.628. The number of para-hydroxylation sites is 1. The van der Waals surface area contributed by atoms with Gasteiger partial charge in [0.2, 0.25) is 35.4 Å². The number of benzene rings is 1. The number of carboxylic acid groups (broad SMARTS) is 1. The molecule has 2 heterocycles. The minimum Gasteiger partial charge on any atom is -0.480 e. The van der Waals surface area contributed by atoms with E-state index in [1.807, 2.05) is 38.1 Å². The number of nitrogens with one attached hydrogen (secondary N) is 6. The molecule has 362 valence electrons. The summed E-state index contributed by atoms with van der Waals surface area (Å²) < 4.78 is 0. The van der Waals surface area contributed by atoms with Gasteiger partial charge in [0.05, 0.1) is 12.6 Å². The van der Waals surface area contributed by atoms with Gasteiger partial charge in [-0.25, -0.2) is 4.79 Å². The minimum absolute atomic E-state index is 0.00667. The van der Waals surface area contributed by atoms with Crippen molar-refractivity contribution >= 4 is 58.3 Å². The summed E-state index contributed by atoms with van der Waals surface area (Å²) >= 11 is 0. The van der Waals surface area contributed by atoms with E-state index >= 15 is 0 Å². The van der Waals surface area contributed by atoms with Crippen LogP contribution in [0.5, 0.6) is 0 Å². The quantitative estimate of drug-likeness (QED) is 0.0236. The summed E-state index contributed by atoms with van der Waals surface area (Å²) in [5.74, 6) is -5.74. The van der Waals surface area contributed by atoms with Crippen molar-refractivity contribution in [1.82, 2.24) is 36.5 Å². The van der Waals surface area contributed by atoms with Crippen LogP contribution >= 0.6 is 0 Å². The van der Waals surface area contributed by atoms with E-state index in [1.54, 1.807) is 6.20 Å².